The fourth-order valence-corrected chi connectivity index (χ4v) is 2.84. The second-order valence-corrected chi connectivity index (χ2v) is 5.80. The van der Waals surface area contributed by atoms with Crippen molar-refractivity contribution in [3.63, 3.8) is 0 Å². The van der Waals surface area contributed by atoms with E-state index in [0.717, 1.165) is 6.42 Å². The quantitative estimate of drug-likeness (QED) is 0.630. The molecule has 1 aromatic carbocycles. The van der Waals surface area contributed by atoms with E-state index in [1.54, 1.807) is 7.11 Å². The van der Waals surface area contributed by atoms with Crippen LogP contribution in [0, 0.1) is 0 Å². The van der Waals surface area contributed by atoms with Crippen LogP contribution in [0.5, 0.6) is 0 Å². The van der Waals surface area contributed by atoms with Gasteiger partial charge in [-0.1, -0.05) is 24.3 Å². The predicted octanol–water partition coefficient (Wildman–Crippen LogP) is 1.17. The largest absolute Gasteiger partial charge is 0.381 e. The minimum atomic E-state index is -0.528. The Balaban J connectivity index is 1.82. The number of guanidine groups is 1. The first-order valence-electron chi connectivity index (χ1n) is 7.51. The number of hydrogen-bond donors (Lipinski definition) is 2. The summed E-state index contributed by atoms with van der Waals surface area (Å²) in [6.45, 7) is 1.64. The summed E-state index contributed by atoms with van der Waals surface area (Å²) < 4.78 is 11.5. The van der Waals surface area contributed by atoms with Crippen molar-refractivity contribution in [3.8, 4) is 0 Å². The molecule has 1 aliphatic carbocycles. The Morgan fingerprint density at radius 2 is 2.29 bits per heavy atom. The summed E-state index contributed by atoms with van der Waals surface area (Å²) in [5, 5.41) is 3.21. The van der Waals surface area contributed by atoms with E-state index in [-0.39, 0.29) is 0 Å². The fourth-order valence-electron chi connectivity index (χ4n) is 2.84. The highest BCUT2D eigenvalue weighted by Crippen LogP contribution is 2.34. The van der Waals surface area contributed by atoms with E-state index in [4.69, 9.17) is 15.2 Å². The van der Waals surface area contributed by atoms with Crippen LogP contribution >= 0.6 is 0 Å². The maximum atomic E-state index is 6.09. The smallest absolute Gasteiger partial charge is 0.188 e. The van der Waals surface area contributed by atoms with Gasteiger partial charge in [-0.3, -0.25) is 0 Å². The molecule has 1 unspecified atom stereocenters. The second-order valence-electron chi connectivity index (χ2n) is 5.80. The molecule has 114 valence electrons. The molecular formula is C16H23N3O2. The van der Waals surface area contributed by atoms with E-state index >= 15 is 0 Å². The van der Waals surface area contributed by atoms with Gasteiger partial charge in [-0.05, 0) is 30.4 Å². The van der Waals surface area contributed by atoms with Crippen molar-refractivity contribution >= 4 is 5.96 Å². The monoisotopic (exact) mass is 289 g/mol. The lowest BCUT2D eigenvalue weighted by atomic mass is 9.86. The molecule has 0 aromatic heterocycles. The molecule has 2 aliphatic rings. The van der Waals surface area contributed by atoms with Crippen LogP contribution < -0.4 is 11.1 Å². The van der Waals surface area contributed by atoms with Gasteiger partial charge in [0.1, 0.15) is 5.60 Å². The molecule has 1 aliphatic heterocycles. The number of aliphatic imine (C=N–C) groups is 1. The molecule has 3 rings (SSSR count). The summed E-state index contributed by atoms with van der Waals surface area (Å²) in [4.78, 5) is 4.50. The Labute approximate surface area is 125 Å². The SMILES string of the molecule is COCC1(CN=C(N)NC2CC2)OCCc2ccccc21. The van der Waals surface area contributed by atoms with Crippen LogP contribution in [0.3, 0.4) is 0 Å². The number of hydrogen-bond acceptors (Lipinski definition) is 3. The van der Waals surface area contributed by atoms with E-state index in [0.29, 0.717) is 31.8 Å². The summed E-state index contributed by atoms with van der Waals surface area (Å²) >= 11 is 0. The van der Waals surface area contributed by atoms with Gasteiger partial charge >= 0.3 is 0 Å². The first-order valence-corrected chi connectivity index (χ1v) is 7.51. The van der Waals surface area contributed by atoms with Gasteiger partial charge in [0.05, 0.1) is 19.8 Å². The summed E-state index contributed by atoms with van der Waals surface area (Å²) in [6.07, 6.45) is 3.29. The Morgan fingerprint density at radius 3 is 3.05 bits per heavy atom. The molecule has 3 N–H and O–H groups in total. The third-order valence-electron chi connectivity index (χ3n) is 4.07. The van der Waals surface area contributed by atoms with Crippen molar-refractivity contribution < 1.29 is 9.47 Å². The van der Waals surface area contributed by atoms with Crippen molar-refractivity contribution in [2.45, 2.75) is 30.9 Å². The first kappa shape index (κ1) is 14.4. The summed E-state index contributed by atoms with van der Waals surface area (Å²) in [5.41, 5.74) is 7.90. The zero-order valence-electron chi connectivity index (χ0n) is 12.5. The van der Waals surface area contributed by atoms with Crippen molar-refractivity contribution in [1.29, 1.82) is 0 Å². The Hall–Kier alpha value is -1.59. The van der Waals surface area contributed by atoms with Crippen molar-refractivity contribution in [2.75, 3.05) is 26.9 Å². The second kappa shape index (κ2) is 6.03. The summed E-state index contributed by atoms with van der Waals surface area (Å²) in [7, 11) is 1.69. The van der Waals surface area contributed by atoms with Crippen molar-refractivity contribution in [3.05, 3.63) is 35.4 Å². The lowest BCUT2D eigenvalue weighted by Crippen LogP contribution is -2.44. The highest BCUT2D eigenvalue weighted by atomic mass is 16.5. The lowest BCUT2D eigenvalue weighted by Gasteiger charge is -2.37. The molecule has 1 saturated carbocycles. The van der Waals surface area contributed by atoms with Crippen LogP contribution in [0.15, 0.2) is 29.3 Å². The van der Waals surface area contributed by atoms with Crippen LogP contribution in [0.2, 0.25) is 0 Å². The summed E-state index contributed by atoms with van der Waals surface area (Å²) in [6, 6.07) is 8.86. The number of fused-ring (bicyclic) bond motifs is 1. The van der Waals surface area contributed by atoms with E-state index in [9.17, 15) is 0 Å². The first-order chi connectivity index (χ1) is 10.2. The molecule has 21 heavy (non-hydrogen) atoms. The zero-order chi connectivity index (χ0) is 14.7. The molecular weight excluding hydrogens is 266 g/mol. The predicted molar refractivity (Wildman–Crippen MR) is 82.3 cm³/mol. The molecule has 0 radical (unpaired) electrons. The molecule has 5 nitrogen and oxygen atoms in total. The number of methoxy groups -OCH3 is 1. The van der Waals surface area contributed by atoms with Gasteiger partial charge in [-0.2, -0.15) is 0 Å². The molecule has 5 heteroatoms. The number of nitrogens with one attached hydrogen (secondary N) is 1. The van der Waals surface area contributed by atoms with Gasteiger partial charge in [-0.25, -0.2) is 4.99 Å². The zero-order valence-corrected chi connectivity index (χ0v) is 12.5. The van der Waals surface area contributed by atoms with E-state index in [1.807, 2.05) is 6.07 Å². The molecule has 1 heterocycles. The number of rotatable bonds is 5. The van der Waals surface area contributed by atoms with Crippen LogP contribution in [0.4, 0.5) is 0 Å². The third kappa shape index (κ3) is 3.19. The van der Waals surface area contributed by atoms with E-state index in [1.165, 1.54) is 24.0 Å². The maximum absolute atomic E-state index is 6.09. The maximum Gasteiger partial charge on any atom is 0.188 e. The van der Waals surface area contributed by atoms with Gasteiger partial charge in [0, 0.05) is 13.2 Å². The molecule has 0 spiro atoms. The highest BCUT2D eigenvalue weighted by molar-refractivity contribution is 5.78. The number of nitrogens with two attached hydrogens (primary N) is 1. The Kier molecular flexibility index (Phi) is 4.12. The van der Waals surface area contributed by atoms with Crippen LogP contribution in [0.1, 0.15) is 24.0 Å². The van der Waals surface area contributed by atoms with E-state index in [2.05, 4.69) is 28.5 Å². The highest BCUT2D eigenvalue weighted by Gasteiger charge is 2.38. The molecule has 0 saturated heterocycles. The fraction of sp³-hybridized carbons (Fsp3) is 0.562. The average molecular weight is 289 g/mol. The third-order valence-corrected chi connectivity index (χ3v) is 4.07. The van der Waals surface area contributed by atoms with Gasteiger partial charge in [-0.15, -0.1) is 0 Å². The van der Waals surface area contributed by atoms with Crippen LogP contribution in [-0.2, 0) is 21.5 Å². The molecule has 1 aromatic rings. The standard InChI is InChI=1S/C16H23N3O2/c1-20-11-16(10-18-15(17)19-13-6-7-13)14-5-3-2-4-12(14)8-9-21-16/h2-5,13H,6-11H2,1H3,(H3,17,18,19). The molecule has 1 atom stereocenters. The minimum Gasteiger partial charge on any atom is -0.381 e. The Morgan fingerprint density at radius 1 is 1.48 bits per heavy atom. The number of nitrogens with zero attached hydrogens (tertiary/aromatic N) is 1. The number of ether oxygens (including phenoxy) is 2. The minimum absolute atomic E-state index is 0.476. The molecule has 0 amide bonds. The average Bonchev–Trinajstić information content (AvgIpc) is 3.30. The topological polar surface area (TPSA) is 68.9 Å². The van der Waals surface area contributed by atoms with Gasteiger partial charge < -0.3 is 20.5 Å². The Bertz CT molecular complexity index is 528. The lowest BCUT2D eigenvalue weighted by molar-refractivity contribution is -0.0959. The van der Waals surface area contributed by atoms with Crippen LogP contribution in [-0.4, -0.2) is 38.9 Å². The van der Waals surface area contributed by atoms with Crippen molar-refractivity contribution in [2.24, 2.45) is 10.7 Å². The number of benzene rings is 1. The normalized spacial score (nSPS) is 25.5. The van der Waals surface area contributed by atoms with Gasteiger partial charge in [0.15, 0.2) is 5.96 Å². The summed E-state index contributed by atoms with van der Waals surface area (Å²) in [5.74, 6) is 0.500. The molecule has 1 fully saturated rings. The van der Waals surface area contributed by atoms with Gasteiger partial charge in [0.2, 0.25) is 0 Å². The van der Waals surface area contributed by atoms with Crippen LogP contribution in [0.25, 0.3) is 0 Å². The molecule has 0 bridgehead atoms. The van der Waals surface area contributed by atoms with E-state index < -0.39 is 5.60 Å². The van der Waals surface area contributed by atoms with Crippen molar-refractivity contribution in [1.82, 2.24) is 5.32 Å². The van der Waals surface area contributed by atoms with Gasteiger partial charge in [0.25, 0.3) is 0 Å².